The topological polar surface area (TPSA) is 47.9 Å². The molecule has 2 aromatic carbocycles. The van der Waals surface area contributed by atoms with Gasteiger partial charge in [-0.3, -0.25) is 0 Å². The van der Waals surface area contributed by atoms with Crippen LogP contribution in [0.25, 0.3) is 10.8 Å². The fourth-order valence-electron chi connectivity index (χ4n) is 2.77. The Morgan fingerprint density at radius 1 is 1.12 bits per heavy atom. The van der Waals surface area contributed by atoms with Crippen LogP contribution in [0.2, 0.25) is 0 Å². The minimum Gasteiger partial charge on any atom is -0.508 e. The van der Waals surface area contributed by atoms with Crippen molar-refractivity contribution < 1.29 is 27.9 Å². The van der Waals surface area contributed by atoms with E-state index in [0.717, 1.165) is 0 Å². The van der Waals surface area contributed by atoms with Gasteiger partial charge >= 0.3 is 7.12 Å². The van der Waals surface area contributed by atoms with Crippen molar-refractivity contribution in [2.75, 3.05) is 6.86 Å². The van der Waals surface area contributed by atoms with E-state index < -0.39 is 31.0 Å². The molecule has 0 saturated carbocycles. The number of ether oxygens (including phenoxy) is 1. The van der Waals surface area contributed by atoms with Gasteiger partial charge in [-0.1, -0.05) is 6.07 Å². The minimum atomic E-state index is -1.17. The van der Waals surface area contributed by atoms with Gasteiger partial charge in [-0.25, -0.2) is 8.78 Å². The summed E-state index contributed by atoms with van der Waals surface area (Å²) in [5.41, 5.74) is -0.820. The largest absolute Gasteiger partial charge is 0.508 e. The molecule has 1 heterocycles. The van der Waals surface area contributed by atoms with E-state index in [4.69, 9.17) is 14.0 Å². The van der Waals surface area contributed by atoms with Crippen LogP contribution in [0.1, 0.15) is 27.7 Å². The molecule has 0 aromatic heterocycles. The summed E-state index contributed by atoms with van der Waals surface area (Å²) in [5.74, 6) is -0.937. The highest BCUT2D eigenvalue weighted by Crippen LogP contribution is 2.38. The van der Waals surface area contributed by atoms with Gasteiger partial charge in [-0.2, -0.15) is 0 Å². The maximum absolute atomic E-state index is 14.1. The van der Waals surface area contributed by atoms with Crippen LogP contribution in [-0.2, 0) is 9.31 Å². The molecule has 0 aliphatic carbocycles. The van der Waals surface area contributed by atoms with Crippen LogP contribution < -0.4 is 10.2 Å². The Hall–Kier alpha value is -1.86. The van der Waals surface area contributed by atoms with Crippen molar-refractivity contribution in [1.82, 2.24) is 0 Å². The van der Waals surface area contributed by atoms with Gasteiger partial charge in [0.15, 0.2) is 11.6 Å². The van der Waals surface area contributed by atoms with Crippen molar-refractivity contribution in [2.24, 2.45) is 0 Å². The average Bonchev–Trinajstić information content (AvgIpc) is 2.70. The molecule has 0 bridgehead atoms. The van der Waals surface area contributed by atoms with Crippen LogP contribution in [0, 0.1) is 5.82 Å². The van der Waals surface area contributed by atoms with Crippen LogP contribution in [0.5, 0.6) is 11.5 Å². The van der Waals surface area contributed by atoms with Gasteiger partial charge < -0.3 is 19.2 Å². The Bertz CT molecular complexity index is 776. The molecule has 3 rings (SSSR count). The molecule has 0 atom stereocenters. The second-order valence-electron chi connectivity index (χ2n) is 6.85. The fraction of sp³-hybridized carbons (Fsp3) is 0.412. The van der Waals surface area contributed by atoms with Crippen LogP contribution >= 0.6 is 0 Å². The first-order chi connectivity index (χ1) is 11.2. The number of aromatic hydroxyl groups is 1. The average molecular weight is 336 g/mol. The number of halogens is 2. The van der Waals surface area contributed by atoms with Crippen LogP contribution in [0.3, 0.4) is 0 Å². The lowest BCUT2D eigenvalue weighted by Crippen LogP contribution is -2.41. The predicted octanol–water partition coefficient (Wildman–Crippen LogP) is 3.29. The molecule has 1 saturated heterocycles. The summed E-state index contributed by atoms with van der Waals surface area (Å²) in [5, 5.41) is 10.8. The van der Waals surface area contributed by atoms with Gasteiger partial charge in [0.05, 0.1) is 11.2 Å². The number of phenols is 1. The van der Waals surface area contributed by atoms with E-state index in [2.05, 4.69) is 0 Å². The van der Waals surface area contributed by atoms with E-state index >= 15 is 0 Å². The predicted molar refractivity (Wildman–Crippen MR) is 87.9 cm³/mol. The number of phenolic OH excluding ortho intramolecular Hbond substituents is 1. The molecule has 0 amide bonds. The van der Waals surface area contributed by atoms with Gasteiger partial charge in [-0.15, -0.1) is 0 Å². The molecule has 0 radical (unpaired) electrons. The third kappa shape index (κ3) is 2.61. The molecular formula is C17H19BF2O4. The normalized spacial score (nSPS) is 19.0. The van der Waals surface area contributed by atoms with Gasteiger partial charge in [0, 0.05) is 5.39 Å². The first-order valence-corrected chi connectivity index (χ1v) is 7.66. The first-order valence-electron chi connectivity index (χ1n) is 7.66. The summed E-state index contributed by atoms with van der Waals surface area (Å²) < 4.78 is 43.7. The Labute approximate surface area is 139 Å². The summed E-state index contributed by atoms with van der Waals surface area (Å²) in [6.45, 7) is 6.38. The van der Waals surface area contributed by atoms with Gasteiger partial charge in [-0.05, 0) is 56.7 Å². The third-order valence-corrected chi connectivity index (χ3v) is 4.74. The Morgan fingerprint density at radius 2 is 1.75 bits per heavy atom. The number of hydrogen-bond donors (Lipinski definition) is 1. The molecule has 1 fully saturated rings. The molecule has 2 aromatic rings. The minimum absolute atomic E-state index is 0.0231. The van der Waals surface area contributed by atoms with Gasteiger partial charge in [0.2, 0.25) is 6.86 Å². The maximum Gasteiger partial charge on any atom is 0.495 e. The highest BCUT2D eigenvalue weighted by molar-refractivity contribution is 6.65. The number of fused-ring (bicyclic) bond motifs is 1. The highest BCUT2D eigenvalue weighted by atomic mass is 19.1. The zero-order chi connectivity index (χ0) is 17.7. The summed E-state index contributed by atoms with van der Waals surface area (Å²) >= 11 is 0. The second kappa shape index (κ2) is 5.60. The van der Waals surface area contributed by atoms with Crippen molar-refractivity contribution in [2.45, 2.75) is 38.9 Å². The Morgan fingerprint density at radius 3 is 2.33 bits per heavy atom. The molecule has 1 aliphatic rings. The molecule has 24 heavy (non-hydrogen) atoms. The molecule has 128 valence electrons. The zero-order valence-corrected chi connectivity index (χ0v) is 14.0. The lowest BCUT2D eigenvalue weighted by Gasteiger charge is -2.32. The quantitative estimate of drug-likeness (QED) is 0.874. The van der Waals surface area contributed by atoms with Crippen LogP contribution in [0.4, 0.5) is 8.78 Å². The third-order valence-electron chi connectivity index (χ3n) is 4.74. The standard InChI is InChI=1S/C17H19BF2O4/c1-16(2)17(3,4)24-18(23-16)12-8-11(21)7-10-5-6-13(20)15(14(10)12)22-9-19/h5-8,21H,9H2,1-4H3. The van der Waals surface area contributed by atoms with E-state index in [0.29, 0.717) is 16.2 Å². The molecule has 7 heteroatoms. The van der Waals surface area contributed by atoms with E-state index in [1.165, 1.54) is 24.3 Å². The molecule has 1 aliphatic heterocycles. The van der Waals surface area contributed by atoms with Crippen LogP contribution in [0.15, 0.2) is 24.3 Å². The number of alkyl halides is 1. The van der Waals surface area contributed by atoms with E-state index in [1.807, 2.05) is 27.7 Å². The van der Waals surface area contributed by atoms with Crippen molar-refractivity contribution in [3.05, 3.63) is 30.1 Å². The van der Waals surface area contributed by atoms with Crippen molar-refractivity contribution >= 4 is 23.4 Å². The van der Waals surface area contributed by atoms with Gasteiger partial charge in [0.25, 0.3) is 0 Å². The molecular weight excluding hydrogens is 317 g/mol. The Balaban J connectivity index is 2.23. The first kappa shape index (κ1) is 17.0. The Kier molecular flexibility index (Phi) is 3.96. The molecule has 1 N–H and O–H groups in total. The molecule has 4 nitrogen and oxygen atoms in total. The lowest BCUT2D eigenvalue weighted by molar-refractivity contribution is 0.00578. The van der Waals surface area contributed by atoms with Crippen LogP contribution in [-0.4, -0.2) is 30.3 Å². The van der Waals surface area contributed by atoms with E-state index in [1.54, 1.807) is 0 Å². The maximum atomic E-state index is 14.1. The zero-order valence-electron chi connectivity index (χ0n) is 14.0. The second-order valence-corrected chi connectivity index (χ2v) is 6.85. The van der Waals surface area contributed by atoms with E-state index in [-0.39, 0.29) is 11.5 Å². The lowest BCUT2D eigenvalue weighted by atomic mass is 9.75. The summed E-state index contributed by atoms with van der Waals surface area (Å²) in [6.07, 6.45) is 0. The summed E-state index contributed by atoms with van der Waals surface area (Å²) in [7, 11) is -0.839. The van der Waals surface area contributed by atoms with Crippen molar-refractivity contribution in [3.8, 4) is 11.5 Å². The van der Waals surface area contributed by atoms with Gasteiger partial charge in [0.1, 0.15) is 5.75 Å². The summed E-state index contributed by atoms with van der Waals surface area (Å²) in [6, 6.07) is 5.54. The number of rotatable bonds is 3. The molecule has 0 spiro atoms. The van der Waals surface area contributed by atoms with Crippen molar-refractivity contribution in [1.29, 1.82) is 0 Å². The molecule has 0 unspecified atom stereocenters. The SMILES string of the molecule is CC1(C)OB(c2cc(O)cc3ccc(F)c(OCF)c23)OC1(C)C. The number of hydrogen-bond acceptors (Lipinski definition) is 4. The van der Waals surface area contributed by atoms with E-state index in [9.17, 15) is 13.9 Å². The van der Waals surface area contributed by atoms with Crippen molar-refractivity contribution in [3.63, 3.8) is 0 Å². The highest BCUT2D eigenvalue weighted by Gasteiger charge is 2.52. The summed E-state index contributed by atoms with van der Waals surface area (Å²) in [4.78, 5) is 0. The number of benzene rings is 2. The monoisotopic (exact) mass is 336 g/mol. The fourth-order valence-corrected chi connectivity index (χ4v) is 2.77. The smallest absolute Gasteiger partial charge is 0.495 e.